The molecule has 4 nitrogen and oxygen atoms in total. The number of alkyl carbamates (subject to hydrolysis) is 1. The Hall–Kier alpha value is -1.55. The number of nitrogens with one attached hydrogen (secondary N) is 1. The van der Waals surface area contributed by atoms with E-state index in [1.165, 1.54) is 0 Å². The Morgan fingerprint density at radius 3 is 2.74 bits per heavy atom. The van der Waals surface area contributed by atoms with Crippen LogP contribution >= 0.6 is 0 Å². The molecule has 1 rings (SSSR count). The van der Waals surface area contributed by atoms with E-state index in [0.717, 1.165) is 24.8 Å². The average molecular weight is 265 g/mol. The summed E-state index contributed by atoms with van der Waals surface area (Å²) >= 11 is 0. The van der Waals surface area contributed by atoms with Crippen LogP contribution in [0.15, 0.2) is 30.3 Å². The van der Waals surface area contributed by atoms with Gasteiger partial charge in [-0.05, 0) is 17.9 Å². The number of unbranched alkanes of at least 4 members (excludes halogenated alkanes) is 1. The molecule has 19 heavy (non-hydrogen) atoms. The predicted octanol–water partition coefficient (Wildman–Crippen LogP) is 2.71. The Kier molecular flexibility index (Phi) is 7.66. The van der Waals surface area contributed by atoms with Crippen molar-refractivity contribution in [2.45, 2.75) is 32.8 Å². The molecule has 1 aromatic rings. The van der Waals surface area contributed by atoms with Crippen LogP contribution in [-0.2, 0) is 11.3 Å². The van der Waals surface area contributed by atoms with E-state index in [4.69, 9.17) is 4.74 Å². The van der Waals surface area contributed by atoms with E-state index in [2.05, 4.69) is 12.2 Å². The van der Waals surface area contributed by atoms with Gasteiger partial charge in [0.15, 0.2) is 0 Å². The standard InChI is InChI=1S/C15H23NO3/c1-2-3-7-14(11-17)10-16-15(18)19-12-13-8-5-4-6-9-13/h4-6,8-9,14,17H,2-3,7,10-12H2,1H3,(H,16,18). The first-order chi connectivity index (χ1) is 9.26. The smallest absolute Gasteiger partial charge is 0.407 e. The van der Waals surface area contributed by atoms with Crippen molar-refractivity contribution in [2.24, 2.45) is 5.92 Å². The van der Waals surface area contributed by atoms with Crippen LogP contribution in [0.4, 0.5) is 4.79 Å². The number of carbonyl (C=O) groups is 1. The summed E-state index contributed by atoms with van der Waals surface area (Å²) in [5, 5.41) is 11.9. The van der Waals surface area contributed by atoms with Gasteiger partial charge < -0.3 is 15.2 Å². The van der Waals surface area contributed by atoms with Crippen molar-refractivity contribution in [1.29, 1.82) is 0 Å². The molecule has 0 fully saturated rings. The molecule has 0 saturated heterocycles. The van der Waals surface area contributed by atoms with Crippen LogP contribution in [0.25, 0.3) is 0 Å². The van der Waals surface area contributed by atoms with Gasteiger partial charge in [0, 0.05) is 13.2 Å². The maximum Gasteiger partial charge on any atom is 0.407 e. The van der Waals surface area contributed by atoms with Gasteiger partial charge in [-0.15, -0.1) is 0 Å². The van der Waals surface area contributed by atoms with Gasteiger partial charge in [0.1, 0.15) is 6.61 Å². The summed E-state index contributed by atoms with van der Waals surface area (Å²) in [6.07, 6.45) is 2.64. The SMILES string of the molecule is CCCCC(CO)CNC(=O)OCc1ccccc1. The molecule has 0 radical (unpaired) electrons. The molecule has 0 aliphatic rings. The largest absolute Gasteiger partial charge is 0.445 e. The molecule has 1 amide bonds. The molecule has 0 aliphatic carbocycles. The van der Waals surface area contributed by atoms with Crippen LogP contribution in [0.1, 0.15) is 31.7 Å². The van der Waals surface area contributed by atoms with E-state index < -0.39 is 6.09 Å². The summed E-state index contributed by atoms with van der Waals surface area (Å²) in [5.74, 6) is 0.115. The number of aliphatic hydroxyl groups excluding tert-OH is 1. The molecule has 0 heterocycles. The van der Waals surface area contributed by atoms with Crippen molar-refractivity contribution in [2.75, 3.05) is 13.2 Å². The zero-order chi connectivity index (χ0) is 13.9. The Morgan fingerprint density at radius 1 is 1.37 bits per heavy atom. The van der Waals surface area contributed by atoms with Crippen LogP contribution in [0.3, 0.4) is 0 Å². The van der Waals surface area contributed by atoms with E-state index in [1.54, 1.807) is 0 Å². The van der Waals surface area contributed by atoms with E-state index in [-0.39, 0.29) is 19.1 Å². The Labute approximate surface area is 114 Å². The van der Waals surface area contributed by atoms with Crippen molar-refractivity contribution in [3.05, 3.63) is 35.9 Å². The Bertz CT molecular complexity index is 354. The van der Waals surface area contributed by atoms with Gasteiger partial charge in [-0.1, -0.05) is 50.1 Å². The molecule has 4 heteroatoms. The minimum absolute atomic E-state index is 0.0962. The van der Waals surface area contributed by atoms with Crippen LogP contribution in [0, 0.1) is 5.92 Å². The number of amides is 1. The molecule has 1 atom stereocenters. The molecule has 0 aliphatic heterocycles. The monoisotopic (exact) mass is 265 g/mol. The molecule has 0 spiro atoms. The summed E-state index contributed by atoms with van der Waals surface area (Å²) in [4.78, 5) is 11.5. The summed E-state index contributed by atoms with van der Waals surface area (Å²) in [6, 6.07) is 9.55. The topological polar surface area (TPSA) is 58.6 Å². The summed E-state index contributed by atoms with van der Waals surface area (Å²) in [7, 11) is 0. The van der Waals surface area contributed by atoms with Gasteiger partial charge in [-0.2, -0.15) is 0 Å². The highest BCUT2D eigenvalue weighted by Gasteiger charge is 2.09. The van der Waals surface area contributed by atoms with Crippen molar-refractivity contribution in [3.63, 3.8) is 0 Å². The first-order valence-electron chi connectivity index (χ1n) is 6.81. The second-order valence-corrected chi connectivity index (χ2v) is 4.63. The van der Waals surface area contributed by atoms with Crippen LogP contribution in [0.2, 0.25) is 0 Å². The zero-order valence-electron chi connectivity index (χ0n) is 11.5. The van der Waals surface area contributed by atoms with Crippen LogP contribution in [0.5, 0.6) is 0 Å². The van der Waals surface area contributed by atoms with Gasteiger partial charge in [0.05, 0.1) is 0 Å². The second-order valence-electron chi connectivity index (χ2n) is 4.63. The van der Waals surface area contributed by atoms with Crippen molar-refractivity contribution in [1.82, 2.24) is 5.32 Å². The maximum absolute atomic E-state index is 11.5. The molecule has 1 aromatic carbocycles. The highest BCUT2D eigenvalue weighted by atomic mass is 16.5. The van der Waals surface area contributed by atoms with Crippen LogP contribution < -0.4 is 5.32 Å². The van der Waals surface area contributed by atoms with E-state index in [9.17, 15) is 9.90 Å². The van der Waals surface area contributed by atoms with Gasteiger partial charge >= 0.3 is 6.09 Å². The average Bonchev–Trinajstić information content (AvgIpc) is 2.46. The third-order valence-corrected chi connectivity index (χ3v) is 2.97. The third kappa shape index (κ3) is 6.82. The summed E-state index contributed by atoms with van der Waals surface area (Å²) < 4.78 is 5.10. The molecular formula is C15H23NO3. The predicted molar refractivity (Wildman–Crippen MR) is 74.7 cm³/mol. The fourth-order valence-corrected chi connectivity index (χ4v) is 1.75. The number of aliphatic hydroxyl groups is 1. The molecular weight excluding hydrogens is 242 g/mol. The quantitative estimate of drug-likeness (QED) is 0.759. The second kappa shape index (κ2) is 9.39. The number of rotatable bonds is 8. The molecule has 106 valence electrons. The van der Waals surface area contributed by atoms with E-state index in [1.807, 2.05) is 30.3 Å². The van der Waals surface area contributed by atoms with E-state index >= 15 is 0 Å². The van der Waals surface area contributed by atoms with Gasteiger partial charge in [0.25, 0.3) is 0 Å². The summed E-state index contributed by atoms with van der Waals surface area (Å²) in [6.45, 7) is 2.94. The molecule has 0 aromatic heterocycles. The first kappa shape index (κ1) is 15.5. The molecule has 2 N–H and O–H groups in total. The van der Waals surface area contributed by atoms with Crippen molar-refractivity contribution < 1.29 is 14.6 Å². The lowest BCUT2D eigenvalue weighted by atomic mass is 10.0. The Morgan fingerprint density at radius 2 is 2.11 bits per heavy atom. The van der Waals surface area contributed by atoms with Crippen molar-refractivity contribution in [3.8, 4) is 0 Å². The number of ether oxygens (including phenoxy) is 1. The maximum atomic E-state index is 11.5. The lowest BCUT2D eigenvalue weighted by Gasteiger charge is -2.14. The molecule has 1 unspecified atom stereocenters. The molecule has 0 bridgehead atoms. The normalized spacial score (nSPS) is 11.9. The van der Waals surface area contributed by atoms with E-state index in [0.29, 0.717) is 6.54 Å². The van der Waals surface area contributed by atoms with Gasteiger partial charge in [-0.3, -0.25) is 0 Å². The first-order valence-corrected chi connectivity index (χ1v) is 6.81. The van der Waals surface area contributed by atoms with Crippen LogP contribution in [-0.4, -0.2) is 24.4 Å². The lowest BCUT2D eigenvalue weighted by Crippen LogP contribution is -2.31. The summed E-state index contributed by atoms with van der Waals surface area (Å²) in [5.41, 5.74) is 0.961. The fourth-order valence-electron chi connectivity index (χ4n) is 1.75. The Balaban J connectivity index is 2.20. The zero-order valence-corrected chi connectivity index (χ0v) is 11.5. The lowest BCUT2D eigenvalue weighted by molar-refractivity contribution is 0.134. The number of benzene rings is 1. The third-order valence-electron chi connectivity index (χ3n) is 2.97. The highest BCUT2D eigenvalue weighted by Crippen LogP contribution is 2.07. The van der Waals surface area contributed by atoms with Crippen molar-refractivity contribution >= 4 is 6.09 Å². The van der Waals surface area contributed by atoms with Gasteiger partial charge in [0.2, 0.25) is 0 Å². The fraction of sp³-hybridized carbons (Fsp3) is 0.533. The molecule has 0 saturated carbocycles. The highest BCUT2D eigenvalue weighted by molar-refractivity contribution is 5.67. The number of carbonyl (C=O) groups excluding carboxylic acids is 1. The minimum atomic E-state index is -0.432. The number of hydrogen-bond acceptors (Lipinski definition) is 3. The minimum Gasteiger partial charge on any atom is -0.445 e. The van der Waals surface area contributed by atoms with Gasteiger partial charge in [-0.25, -0.2) is 4.79 Å². The number of hydrogen-bond donors (Lipinski definition) is 2.